The fourth-order valence-corrected chi connectivity index (χ4v) is 4.00. The van der Waals surface area contributed by atoms with Gasteiger partial charge in [0, 0.05) is 31.2 Å². The molecular weight excluding hydrogens is 244 g/mol. The molecule has 2 heteroatoms. The number of benzene rings is 1. The zero-order valence-electron chi connectivity index (χ0n) is 13.0. The molecule has 1 heterocycles. The van der Waals surface area contributed by atoms with Gasteiger partial charge in [-0.15, -0.1) is 0 Å². The maximum atomic E-state index is 3.79. The van der Waals surface area contributed by atoms with E-state index in [1.807, 2.05) is 0 Å². The van der Waals surface area contributed by atoms with Crippen LogP contribution in [0.4, 0.5) is 0 Å². The smallest absolute Gasteiger partial charge is 0.0338 e. The van der Waals surface area contributed by atoms with E-state index in [0.717, 1.165) is 6.54 Å². The minimum absolute atomic E-state index is 0.438. The van der Waals surface area contributed by atoms with Crippen LogP contribution in [-0.4, -0.2) is 29.6 Å². The van der Waals surface area contributed by atoms with Gasteiger partial charge in [-0.25, -0.2) is 0 Å². The van der Waals surface area contributed by atoms with E-state index < -0.39 is 0 Å². The molecule has 1 aliphatic heterocycles. The van der Waals surface area contributed by atoms with Crippen molar-refractivity contribution in [3.05, 3.63) is 35.4 Å². The van der Waals surface area contributed by atoms with E-state index in [9.17, 15) is 0 Å². The Morgan fingerprint density at radius 3 is 2.70 bits per heavy atom. The molecule has 20 heavy (non-hydrogen) atoms. The maximum absolute atomic E-state index is 3.79. The van der Waals surface area contributed by atoms with Crippen molar-refractivity contribution >= 4 is 0 Å². The van der Waals surface area contributed by atoms with Crippen LogP contribution in [0.2, 0.25) is 0 Å². The largest absolute Gasteiger partial charge is 0.311 e. The summed E-state index contributed by atoms with van der Waals surface area (Å²) in [7, 11) is 0. The number of hydrogen-bond acceptors (Lipinski definition) is 2. The topological polar surface area (TPSA) is 15.3 Å². The predicted molar refractivity (Wildman–Crippen MR) is 84.9 cm³/mol. The van der Waals surface area contributed by atoms with Crippen LogP contribution in [0.3, 0.4) is 0 Å². The molecule has 0 amide bonds. The standard InChI is InChI=1S/C18H28N2/c1-3-17-13-20(12-16-9-5-4-8-15(16)2)18(14-19-17)10-6-7-11-18/h4-5,8-9,17,19H,3,6-7,10-14H2,1-2H3. The van der Waals surface area contributed by atoms with Gasteiger partial charge in [0.2, 0.25) is 0 Å². The highest BCUT2D eigenvalue weighted by atomic mass is 15.3. The minimum Gasteiger partial charge on any atom is -0.311 e. The maximum Gasteiger partial charge on any atom is 0.0338 e. The fraction of sp³-hybridized carbons (Fsp3) is 0.667. The average molecular weight is 272 g/mol. The number of nitrogens with zero attached hydrogens (tertiary/aromatic N) is 1. The zero-order chi connectivity index (χ0) is 14.0. The molecule has 3 rings (SSSR count). The molecule has 0 aromatic heterocycles. The molecule has 0 bridgehead atoms. The summed E-state index contributed by atoms with van der Waals surface area (Å²) < 4.78 is 0. The molecule has 2 aliphatic rings. The third-order valence-corrected chi connectivity index (χ3v) is 5.48. The van der Waals surface area contributed by atoms with Gasteiger partial charge in [-0.2, -0.15) is 0 Å². The number of hydrogen-bond donors (Lipinski definition) is 1. The number of nitrogens with one attached hydrogen (secondary N) is 1. The highest BCUT2D eigenvalue weighted by Gasteiger charge is 2.42. The van der Waals surface area contributed by atoms with Gasteiger partial charge in [-0.3, -0.25) is 4.90 Å². The van der Waals surface area contributed by atoms with Gasteiger partial charge in [0.15, 0.2) is 0 Å². The summed E-state index contributed by atoms with van der Waals surface area (Å²) in [6.07, 6.45) is 6.80. The summed E-state index contributed by atoms with van der Waals surface area (Å²) in [6, 6.07) is 9.56. The van der Waals surface area contributed by atoms with E-state index in [1.165, 1.54) is 56.3 Å². The van der Waals surface area contributed by atoms with E-state index in [-0.39, 0.29) is 0 Å². The fourth-order valence-electron chi connectivity index (χ4n) is 4.00. The minimum atomic E-state index is 0.438. The van der Waals surface area contributed by atoms with Crippen molar-refractivity contribution < 1.29 is 0 Å². The lowest BCUT2D eigenvalue weighted by Gasteiger charge is -2.48. The monoisotopic (exact) mass is 272 g/mol. The summed E-state index contributed by atoms with van der Waals surface area (Å²) in [5, 5.41) is 3.79. The second-order valence-electron chi connectivity index (χ2n) is 6.72. The molecule has 2 nitrogen and oxygen atoms in total. The molecule has 0 radical (unpaired) electrons. The first-order valence-electron chi connectivity index (χ1n) is 8.26. The Morgan fingerprint density at radius 1 is 1.25 bits per heavy atom. The van der Waals surface area contributed by atoms with Crippen LogP contribution in [-0.2, 0) is 6.54 Å². The Hall–Kier alpha value is -0.860. The van der Waals surface area contributed by atoms with Crippen LogP contribution in [0.15, 0.2) is 24.3 Å². The Morgan fingerprint density at radius 2 is 2.00 bits per heavy atom. The van der Waals surface area contributed by atoms with Gasteiger partial charge in [0.1, 0.15) is 0 Å². The lowest BCUT2D eigenvalue weighted by Crippen LogP contribution is -2.63. The van der Waals surface area contributed by atoms with Crippen molar-refractivity contribution in [3.8, 4) is 0 Å². The highest BCUT2D eigenvalue weighted by molar-refractivity contribution is 5.26. The van der Waals surface area contributed by atoms with Gasteiger partial charge in [-0.1, -0.05) is 44.0 Å². The third-order valence-electron chi connectivity index (χ3n) is 5.48. The first-order valence-corrected chi connectivity index (χ1v) is 8.26. The molecule has 1 unspecified atom stereocenters. The normalized spacial score (nSPS) is 26.2. The molecule has 1 saturated heterocycles. The number of piperazine rings is 1. The van der Waals surface area contributed by atoms with E-state index >= 15 is 0 Å². The van der Waals surface area contributed by atoms with E-state index in [4.69, 9.17) is 0 Å². The Bertz CT molecular complexity index is 448. The van der Waals surface area contributed by atoms with Crippen molar-refractivity contribution in [1.29, 1.82) is 0 Å². The SMILES string of the molecule is CCC1CN(Cc2ccccc2C)C2(CCCC2)CN1. The Kier molecular flexibility index (Phi) is 4.13. The Labute approximate surface area is 123 Å². The van der Waals surface area contributed by atoms with Crippen LogP contribution in [0.25, 0.3) is 0 Å². The van der Waals surface area contributed by atoms with Crippen molar-refractivity contribution in [2.24, 2.45) is 0 Å². The molecule has 1 N–H and O–H groups in total. The number of rotatable bonds is 3. The summed E-state index contributed by atoms with van der Waals surface area (Å²) in [5.41, 5.74) is 3.39. The first kappa shape index (κ1) is 14.1. The average Bonchev–Trinajstić information content (AvgIpc) is 2.93. The Balaban J connectivity index is 1.81. The third kappa shape index (κ3) is 2.64. The quantitative estimate of drug-likeness (QED) is 0.906. The molecule has 2 fully saturated rings. The molecule has 110 valence electrons. The lowest BCUT2D eigenvalue weighted by molar-refractivity contribution is 0.0348. The van der Waals surface area contributed by atoms with Gasteiger partial charge >= 0.3 is 0 Å². The van der Waals surface area contributed by atoms with Crippen molar-refractivity contribution in [3.63, 3.8) is 0 Å². The van der Waals surface area contributed by atoms with Crippen LogP contribution >= 0.6 is 0 Å². The predicted octanol–water partition coefficient (Wildman–Crippen LogP) is 3.49. The van der Waals surface area contributed by atoms with Gasteiger partial charge in [0.25, 0.3) is 0 Å². The van der Waals surface area contributed by atoms with Crippen molar-refractivity contribution in [2.75, 3.05) is 13.1 Å². The summed E-state index contributed by atoms with van der Waals surface area (Å²) >= 11 is 0. The van der Waals surface area contributed by atoms with Crippen LogP contribution < -0.4 is 5.32 Å². The first-order chi connectivity index (χ1) is 9.73. The summed E-state index contributed by atoms with van der Waals surface area (Å²) in [6.45, 7) is 8.08. The van der Waals surface area contributed by atoms with E-state index in [0.29, 0.717) is 11.6 Å². The second kappa shape index (κ2) is 5.87. The molecule has 1 aromatic rings. The summed E-state index contributed by atoms with van der Waals surface area (Å²) in [5.74, 6) is 0. The van der Waals surface area contributed by atoms with Gasteiger partial charge in [0.05, 0.1) is 0 Å². The lowest BCUT2D eigenvalue weighted by atomic mass is 9.89. The zero-order valence-corrected chi connectivity index (χ0v) is 13.0. The molecular formula is C18H28N2. The molecule has 1 spiro atoms. The summed E-state index contributed by atoms with van der Waals surface area (Å²) in [4.78, 5) is 2.80. The number of aryl methyl sites for hydroxylation is 1. The molecule has 1 aromatic carbocycles. The van der Waals surface area contributed by atoms with E-state index in [2.05, 4.69) is 48.3 Å². The molecule has 1 saturated carbocycles. The molecule has 1 aliphatic carbocycles. The van der Waals surface area contributed by atoms with Crippen molar-refractivity contribution in [1.82, 2.24) is 10.2 Å². The van der Waals surface area contributed by atoms with E-state index in [1.54, 1.807) is 0 Å². The van der Waals surface area contributed by atoms with Gasteiger partial charge < -0.3 is 5.32 Å². The second-order valence-corrected chi connectivity index (χ2v) is 6.72. The van der Waals surface area contributed by atoms with Gasteiger partial charge in [-0.05, 0) is 37.3 Å². The van der Waals surface area contributed by atoms with Crippen LogP contribution in [0.5, 0.6) is 0 Å². The molecule has 1 atom stereocenters. The van der Waals surface area contributed by atoms with Crippen LogP contribution in [0, 0.1) is 6.92 Å². The van der Waals surface area contributed by atoms with Crippen LogP contribution in [0.1, 0.15) is 50.2 Å². The highest BCUT2D eigenvalue weighted by Crippen LogP contribution is 2.38. The van der Waals surface area contributed by atoms with Crippen molar-refractivity contribution in [2.45, 2.75) is 64.1 Å².